The first-order valence-electron chi connectivity index (χ1n) is 10.2. The van der Waals surface area contributed by atoms with Crippen molar-refractivity contribution in [2.24, 2.45) is 0 Å². The van der Waals surface area contributed by atoms with Crippen LogP contribution in [0.15, 0.2) is 9.95 Å². The summed E-state index contributed by atoms with van der Waals surface area (Å²) in [6.45, 7) is 7.82. The molecule has 2 aromatic rings. The SMILES string of the molecule is CSc1nc2c(F)c(Cl)nc(OC(C)C3N[C@H]4C[C@@H]3N(C(=O)OC(C)(C)C)C4)c2c(=O)[nH]1. The number of amides is 1. The number of H-pyrrole nitrogens is 1. The van der Waals surface area contributed by atoms with Gasteiger partial charge >= 0.3 is 6.09 Å². The molecule has 2 saturated heterocycles. The number of aromatic nitrogens is 3. The Bertz CT molecular complexity index is 1120. The molecule has 2 unspecified atom stereocenters. The van der Waals surface area contributed by atoms with Gasteiger partial charge < -0.3 is 24.7 Å². The Labute approximate surface area is 193 Å². The van der Waals surface area contributed by atoms with Gasteiger partial charge in [0.05, 0.1) is 12.1 Å². The third kappa shape index (κ3) is 4.25. The summed E-state index contributed by atoms with van der Waals surface area (Å²) < 4.78 is 26.1. The molecule has 0 spiro atoms. The lowest BCUT2D eigenvalue weighted by Gasteiger charge is -2.37. The van der Waals surface area contributed by atoms with Crippen LogP contribution in [-0.4, -0.2) is 68.6 Å². The molecule has 0 saturated carbocycles. The molecule has 2 aromatic heterocycles. The van der Waals surface area contributed by atoms with Gasteiger partial charge in [0.1, 0.15) is 22.6 Å². The summed E-state index contributed by atoms with van der Waals surface area (Å²) in [5, 5.41) is 3.17. The van der Waals surface area contributed by atoms with Crippen LogP contribution in [0.5, 0.6) is 5.88 Å². The van der Waals surface area contributed by atoms with Crippen LogP contribution in [0.3, 0.4) is 0 Å². The van der Waals surface area contributed by atoms with E-state index < -0.39 is 28.2 Å². The van der Waals surface area contributed by atoms with Gasteiger partial charge in [0, 0.05) is 12.6 Å². The van der Waals surface area contributed by atoms with Crippen molar-refractivity contribution in [2.45, 2.75) is 69.1 Å². The van der Waals surface area contributed by atoms with Gasteiger partial charge in [-0.3, -0.25) is 4.79 Å². The number of carbonyl (C=O) groups is 1. The van der Waals surface area contributed by atoms with Crippen molar-refractivity contribution in [1.82, 2.24) is 25.2 Å². The number of piperazine rings is 1. The second kappa shape index (κ2) is 8.35. The zero-order chi connectivity index (χ0) is 23.4. The van der Waals surface area contributed by atoms with Gasteiger partial charge in [-0.1, -0.05) is 23.4 Å². The van der Waals surface area contributed by atoms with Crippen LogP contribution in [0.1, 0.15) is 34.1 Å². The quantitative estimate of drug-likeness (QED) is 0.386. The summed E-state index contributed by atoms with van der Waals surface area (Å²) >= 11 is 7.13. The first-order valence-corrected chi connectivity index (χ1v) is 11.8. The molecule has 32 heavy (non-hydrogen) atoms. The minimum Gasteiger partial charge on any atom is -0.472 e. The third-order valence-electron chi connectivity index (χ3n) is 5.51. The molecular formula is C20H25ClFN5O4S. The maximum Gasteiger partial charge on any atom is 0.410 e. The molecule has 2 aliphatic heterocycles. The molecule has 2 fully saturated rings. The van der Waals surface area contributed by atoms with Gasteiger partial charge in [-0.05, 0) is 40.4 Å². The Balaban J connectivity index is 1.61. The first-order chi connectivity index (χ1) is 15.0. The van der Waals surface area contributed by atoms with E-state index in [4.69, 9.17) is 21.1 Å². The second-order valence-corrected chi connectivity index (χ2v) is 10.1. The molecule has 1 amide bonds. The number of likely N-dealkylation sites (tertiary alicyclic amines) is 1. The minimum atomic E-state index is -0.878. The molecule has 2 N–H and O–H groups in total. The van der Waals surface area contributed by atoms with E-state index in [1.165, 1.54) is 11.8 Å². The summed E-state index contributed by atoms with van der Waals surface area (Å²) in [6, 6.07) is -0.273. The zero-order valence-corrected chi connectivity index (χ0v) is 19.9. The summed E-state index contributed by atoms with van der Waals surface area (Å²) in [5.74, 6) is -0.981. The number of nitrogens with one attached hydrogen (secondary N) is 2. The lowest BCUT2D eigenvalue weighted by atomic mass is 10.0. The van der Waals surface area contributed by atoms with Crippen molar-refractivity contribution in [2.75, 3.05) is 12.8 Å². The number of thioether (sulfide) groups is 1. The summed E-state index contributed by atoms with van der Waals surface area (Å²) in [6.07, 6.45) is 1.59. The number of hydrogen-bond donors (Lipinski definition) is 2. The van der Waals surface area contributed by atoms with Crippen molar-refractivity contribution in [1.29, 1.82) is 0 Å². The van der Waals surface area contributed by atoms with E-state index in [1.54, 1.807) is 18.1 Å². The lowest BCUT2D eigenvalue weighted by Crippen LogP contribution is -2.58. The van der Waals surface area contributed by atoms with E-state index in [-0.39, 0.29) is 46.2 Å². The predicted octanol–water partition coefficient (Wildman–Crippen LogP) is 2.95. The number of nitrogens with zero attached hydrogens (tertiary/aromatic N) is 3. The maximum absolute atomic E-state index is 14.6. The van der Waals surface area contributed by atoms with Gasteiger partial charge in [-0.25, -0.2) is 14.2 Å². The van der Waals surface area contributed by atoms with Crippen molar-refractivity contribution >= 4 is 40.4 Å². The van der Waals surface area contributed by atoms with Crippen LogP contribution in [0, 0.1) is 5.82 Å². The van der Waals surface area contributed by atoms with Crippen molar-refractivity contribution in [3.8, 4) is 5.88 Å². The highest BCUT2D eigenvalue weighted by Crippen LogP contribution is 2.34. The van der Waals surface area contributed by atoms with Crippen molar-refractivity contribution < 1.29 is 18.7 Å². The Morgan fingerprint density at radius 1 is 1.38 bits per heavy atom. The Hall–Kier alpha value is -2.11. The highest BCUT2D eigenvalue weighted by Gasteiger charge is 2.50. The van der Waals surface area contributed by atoms with Gasteiger partial charge in [0.2, 0.25) is 5.88 Å². The minimum absolute atomic E-state index is 0.103. The molecule has 12 heteroatoms. The van der Waals surface area contributed by atoms with E-state index in [0.717, 1.165) is 6.42 Å². The normalized spacial score (nSPS) is 23.6. The largest absolute Gasteiger partial charge is 0.472 e. The number of pyridine rings is 1. The van der Waals surface area contributed by atoms with Crippen LogP contribution in [0.25, 0.3) is 10.9 Å². The van der Waals surface area contributed by atoms with E-state index in [2.05, 4.69) is 20.3 Å². The lowest BCUT2D eigenvalue weighted by molar-refractivity contribution is 0.0102. The predicted molar refractivity (Wildman–Crippen MR) is 119 cm³/mol. The van der Waals surface area contributed by atoms with Crippen LogP contribution in [-0.2, 0) is 4.74 Å². The Kier molecular flexibility index (Phi) is 6.01. The molecular weight excluding hydrogens is 461 g/mol. The molecule has 0 radical (unpaired) electrons. The number of hydrogen-bond acceptors (Lipinski definition) is 8. The zero-order valence-electron chi connectivity index (χ0n) is 18.4. The van der Waals surface area contributed by atoms with E-state index >= 15 is 0 Å². The standard InChI is InChI=1S/C20H25ClFN5O4S/c1-8(13-10-6-9(23-13)7-27(10)19(29)31-20(2,3)4)30-17-11-14(12(22)15(21)25-17)24-18(32-5)26-16(11)28/h8-10,13,23H,6-7H2,1-5H3,(H,24,26,28)/t8?,9-,10-,13?/m0/s1. The number of carbonyl (C=O) groups excluding carboxylic acids is 1. The average molecular weight is 486 g/mol. The summed E-state index contributed by atoms with van der Waals surface area (Å²) in [5.41, 5.74) is -1.36. The van der Waals surface area contributed by atoms with Crippen molar-refractivity contribution in [3.05, 3.63) is 21.3 Å². The fourth-order valence-corrected chi connectivity index (χ4v) is 4.77. The molecule has 4 atom stereocenters. The fourth-order valence-electron chi connectivity index (χ4n) is 4.22. The van der Waals surface area contributed by atoms with Gasteiger partial charge in [0.15, 0.2) is 16.1 Å². The number of aromatic amines is 1. The number of ether oxygens (including phenoxy) is 2. The molecule has 2 bridgehead atoms. The summed E-state index contributed by atoms with van der Waals surface area (Å²) in [7, 11) is 0. The van der Waals surface area contributed by atoms with Gasteiger partial charge in [-0.2, -0.15) is 4.98 Å². The molecule has 0 aliphatic carbocycles. The number of fused-ring (bicyclic) bond motifs is 3. The van der Waals surface area contributed by atoms with Crippen LogP contribution in [0.4, 0.5) is 9.18 Å². The van der Waals surface area contributed by atoms with Crippen LogP contribution in [0.2, 0.25) is 5.15 Å². The van der Waals surface area contributed by atoms with Crippen LogP contribution < -0.4 is 15.6 Å². The highest BCUT2D eigenvalue weighted by atomic mass is 35.5. The first kappa shape index (κ1) is 23.1. The number of halogens is 2. The van der Waals surface area contributed by atoms with E-state index in [0.29, 0.717) is 6.54 Å². The van der Waals surface area contributed by atoms with Gasteiger partial charge in [0.25, 0.3) is 5.56 Å². The summed E-state index contributed by atoms with van der Waals surface area (Å²) in [4.78, 5) is 37.7. The monoisotopic (exact) mass is 485 g/mol. The Morgan fingerprint density at radius 3 is 2.72 bits per heavy atom. The average Bonchev–Trinajstić information content (AvgIpc) is 3.31. The maximum atomic E-state index is 14.6. The van der Waals surface area contributed by atoms with E-state index in [9.17, 15) is 14.0 Å². The van der Waals surface area contributed by atoms with Gasteiger partial charge in [-0.15, -0.1) is 0 Å². The highest BCUT2D eigenvalue weighted by molar-refractivity contribution is 7.98. The molecule has 9 nitrogen and oxygen atoms in total. The van der Waals surface area contributed by atoms with Crippen LogP contribution >= 0.6 is 23.4 Å². The topological polar surface area (TPSA) is 109 Å². The molecule has 0 aromatic carbocycles. The fraction of sp³-hybridized carbons (Fsp3) is 0.600. The van der Waals surface area contributed by atoms with Crippen molar-refractivity contribution in [3.63, 3.8) is 0 Å². The molecule has 174 valence electrons. The second-order valence-electron chi connectivity index (χ2n) is 8.97. The Morgan fingerprint density at radius 2 is 2.09 bits per heavy atom. The molecule has 2 aliphatic rings. The molecule has 4 rings (SSSR count). The third-order valence-corrected chi connectivity index (χ3v) is 6.34. The smallest absolute Gasteiger partial charge is 0.410 e. The molecule has 4 heterocycles. The van der Waals surface area contributed by atoms with E-state index in [1.807, 2.05) is 20.8 Å². The number of rotatable bonds is 4.